The number of rotatable bonds is 7. The van der Waals surface area contributed by atoms with Gasteiger partial charge in [-0.3, -0.25) is 5.32 Å². The minimum Gasteiger partial charge on any atom is -0.468 e. The Balaban J connectivity index is 0. The fourth-order valence-corrected chi connectivity index (χ4v) is 5.06. The molecule has 2 aliphatic rings. The van der Waals surface area contributed by atoms with Gasteiger partial charge in [0.15, 0.2) is 0 Å². The van der Waals surface area contributed by atoms with Crippen molar-refractivity contribution in [3.63, 3.8) is 0 Å². The number of aliphatic imine (C=N–C) groups is 1. The van der Waals surface area contributed by atoms with Crippen LogP contribution in [-0.2, 0) is 4.74 Å². The predicted molar refractivity (Wildman–Crippen MR) is 196 cm³/mol. The maximum absolute atomic E-state index is 6.06. The van der Waals surface area contributed by atoms with E-state index < -0.39 is 0 Å². The molecule has 0 amide bonds. The number of halogens is 1. The topological polar surface area (TPSA) is 48.9 Å². The molecule has 1 saturated heterocycles. The Morgan fingerprint density at radius 1 is 0.860 bits per heavy atom. The summed E-state index contributed by atoms with van der Waals surface area (Å²) in [5.41, 5.74) is 2.67. The molecule has 5 nitrogen and oxygen atoms in total. The van der Waals surface area contributed by atoms with Gasteiger partial charge in [0.05, 0.1) is 13.2 Å². The van der Waals surface area contributed by atoms with Gasteiger partial charge in [-0.1, -0.05) is 143 Å². The van der Waals surface area contributed by atoms with E-state index in [-0.39, 0.29) is 6.04 Å². The quantitative estimate of drug-likeness (QED) is 0.303. The third kappa shape index (κ3) is 15.9. The molecule has 2 heterocycles. The van der Waals surface area contributed by atoms with Gasteiger partial charge in [-0.25, -0.2) is 4.99 Å². The van der Waals surface area contributed by atoms with E-state index in [1.807, 2.05) is 59.7 Å². The third-order valence-electron chi connectivity index (χ3n) is 6.76. The Kier molecular flexibility index (Phi) is 28.5. The van der Waals surface area contributed by atoms with E-state index in [9.17, 15) is 0 Å². The number of methoxy groups -OCH3 is 1. The molecule has 0 radical (unpaired) electrons. The fraction of sp³-hybridized carbons (Fsp3) is 0.649. The largest absolute Gasteiger partial charge is 0.468 e. The van der Waals surface area contributed by atoms with Crippen LogP contribution in [0, 0.1) is 6.92 Å². The normalized spacial score (nSPS) is 15.2. The molecule has 0 aliphatic carbocycles. The average Bonchev–Trinajstić information content (AvgIpc) is 3.08. The van der Waals surface area contributed by atoms with Crippen molar-refractivity contribution in [2.75, 3.05) is 33.3 Å². The standard InChI is InChI=1S/C14H26N4O.C11H9Cl.C6H14.3C2H6/c1-4-6-11-12(5-2)16-14(19-3)17-13(11)18-9-7-15-8-10-18;1-8-4-2-5-9-6-3-7-10(12)11(8)9;1-3-5-6-4-2;3*1-2/h12,15H,4-10H2,1-3H3,(H,16,17);2-7H,1H3;3-6H2,1-2H3;3*1-2H3. The lowest BCUT2D eigenvalue weighted by Crippen LogP contribution is -2.49. The van der Waals surface area contributed by atoms with Gasteiger partial charge in [0.2, 0.25) is 0 Å². The van der Waals surface area contributed by atoms with Crippen molar-refractivity contribution < 1.29 is 4.74 Å². The first-order chi connectivity index (χ1) is 21.0. The van der Waals surface area contributed by atoms with Crippen LogP contribution in [0.2, 0.25) is 5.02 Å². The molecule has 248 valence electrons. The summed E-state index contributed by atoms with van der Waals surface area (Å²) in [6.07, 6.45) is 8.82. The summed E-state index contributed by atoms with van der Waals surface area (Å²) >= 11 is 6.06. The minimum absolute atomic E-state index is 0.265. The summed E-state index contributed by atoms with van der Waals surface area (Å²) in [4.78, 5) is 7.08. The maximum Gasteiger partial charge on any atom is 0.290 e. The Morgan fingerprint density at radius 2 is 1.42 bits per heavy atom. The van der Waals surface area contributed by atoms with Gasteiger partial charge in [-0.05, 0) is 42.4 Å². The summed E-state index contributed by atoms with van der Waals surface area (Å²) in [5.74, 6) is 1.24. The van der Waals surface area contributed by atoms with Crippen LogP contribution in [0.5, 0.6) is 0 Å². The molecule has 43 heavy (non-hydrogen) atoms. The van der Waals surface area contributed by atoms with Crippen LogP contribution < -0.4 is 10.6 Å². The van der Waals surface area contributed by atoms with E-state index in [4.69, 9.17) is 16.3 Å². The van der Waals surface area contributed by atoms with E-state index in [2.05, 4.69) is 73.3 Å². The molecule has 1 atom stereocenters. The monoisotopic (exact) mass is 619 g/mol. The number of benzene rings is 2. The van der Waals surface area contributed by atoms with Gasteiger partial charge in [0, 0.05) is 36.6 Å². The van der Waals surface area contributed by atoms with Crippen LogP contribution in [-0.4, -0.2) is 50.3 Å². The van der Waals surface area contributed by atoms with Gasteiger partial charge in [-0.15, -0.1) is 0 Å². The highest BCUT2D eigenvalue weighted by molar-refractivity contribution is 6.35. The van der Waals surface area contributed by atoms with E-state index in [1.54, 1.807) is 7.11 Å². The van der Waals surface area contributed by atoms with E-state index in [1.165, 1.54) is 53.4 Å². The lowest BCUT2D eigenvalue weighted by atomic mass is 9.98. The molecule has 4 rings (SSSR count). The minimum atomic E-state index is 0.265. The zero-order valence-electron chi connectivity index (χ0n) is 30.0. The van der Waals surface area contributed by atoms with Crippen LogP contribution >= 0.6 is 11.6 Å². The van der Waals surface area contributed by atoms with Gasteiger partial charge >= 0.3 is 0 Å². The first kappa shape index (κ1) is 42.9. The summed E-state index contributed by atoms with van der Waals surface area (Å²) in [7, 11) is 1.68. The molecule has 0 spiro atoms. The number of nitrogens with zero attached hydrogens (tertiary/aromatic N) is 2. The lowest BCUT2D eigenvalue weighted by Gasteiger charge is -2.37. The number of fused-ring (bicyclic) bond motifs is 1. The number of piperazine rings is 1. The highest BCUT2D eigenvalue weighted by atomic mass is 35.5. The first-order valence-corrected chi connectivity index (χ1v) is 17.6. The number of nitrogens with one attached hydrogen (secondary N) is 2. The Labute approximate surface area is 271 Å². The van der Waals surface area contributed by atoms with Crippen molar-refractivity contribution in [3.05, 3.63) is 58.4 Å². The molecule has 2 aromatic rings. The van der Waals surface area contributed by atoms with Gasteiger partial charge in [0.25, 0.3) is 6.02 Å². The summed E-state index contributed by atoms with van der Waals surface area (Å²) in [6, 6.07) is 13.1. The predicted octanol–water partition coefficient (Wildman–Crippen LogP) is 10.8. The maximum atomic E-state index is 6.06. The van der Waals surface area contributed by atoms with Gasteiger partial charge in [0.1, 0.15) is 5.82 Å². The average molecular weight is 619 g/mol. The molecule has 0 bridgehead atoms. The second-order valence-electron chi connectivity index (χ2n) is 9.67. The van der Waals surface area contributed by atoms with Crippen molar-refractivity contribution in [1.82, 2.24) is 15.5 Å². The van der Waals surface area contributed by atoms with Gasteiger partial charge in [-0.2, -0.15) is 0 Å². The zero-order valence-corrected chi connectivity index (χ0v) is 30.8. The Hall–Kier alpha value is -2.24. The van der Waals surface area contributed by atoms with E-state index in [0.29, 0.717) is 6.02 Å². The second-order valence-corrected chi connectivity index (χ2v) is 10.1. The number of hydrogen-bond acceptors (Lipinski definition) is 5. The number of ether oxygens (including phenoxy) is 1. The molecule has 2 aromatic carbocycles. The van der Waals surface area contributed by atoms with Crippen LogP contribution in [0.4, 0.5) is 0 Å². The summed E-state index contributed by atoms with van der Waals surface area (Å²) < 4.78 is 5.33. The number of hydrogen-bond donors (Lipinski definition) is 2. The molecule has 6 heteroatoms. The molecule has 2 N–H and O–H groups in total. The second kappa shape index (κ2) is 28.5. The van der Waals surface area contributed by atoms with Gasteiger partial charge < -0.3 is 15.0 Å². The number of aryl methyl sites for hydroxylation is 1. The molecule has 1 fully saturated rings. The number of unbranched alkanes of at least 4 members (excludes halogenated alkanes) is 3. The van der Waals surface area contributed by atoms with Crippen molar-refractivity contribution in [3.8, 4) is 0 Å². The molecular weight excluding hydrogens is 552 g/mol. The highest BCUT2D eigenvalue weighted by Gasteiger charge is 2.27. The third-order valence-corrected chi connectivity index (χ3v) is 7.07. The lowest BCUT2D eigenvalue weighted by molar-refractivity contribution is 0.269. The Bertz CT molecular complexity index is 959. The first-order valence-electron chi connectivity index (χ1n) is 17.2. The molecule has 2 aliphatic heterocycles. The number of amidine groups is 1. The Morgan fingerprint density at radius 3 is 1.88 bits per heavy atom. The van der Waals surface area contributed by atoms with Crippen LogP contribution in [0.1, 0.15) is 120 Å². The fourth-order valence-electron chi connectivity index (χ4n) is 4.73. The van der Waals surface area contributed by atoms with Crippen LogP contribution in [0.3, 0.4) is 0 Å². The van der Waals surface area contributed by atoms with Crippen molar-refractivity contribution in [2.45, 2.75) is 127 Å². The van der Waals surface area contributed by atoms with Crippen molar-refractivity contribution >= 4 is 28.4 Å². The summed E-state index contributed by atoms with van der Waals surface area (Å²) in [5, 5.41) is 9.99. The van der Waals surface area contributed by atoms with Crippen molar-refractivity contribution in [2.24, 2.45) is 4.99 Å². The smallest absolute Gasteiger partial charge is 0.290 e. The van der Waals surface area contributed by atoms with E-state index in [0.717, 1.165) is 50.5 Å². The highest BCUT2D eigenvalue weighted by Crippen LogP contribution is 2.26. The van der Waals surface area contributed by atoms with E-state index >= 15 is 0 Å². The molecule has 0 saturated carbocycles. The summed E-state index contributed by atoms with van der Waals surface area (Å²) in [6.45, 7) is 27.1. The molecule has 1 unspecified atom stereocenters. The molecule has 0 aromatic heterocycles. The van der Waals surface area contributed by atoms with Crippen molar-refractivity contribution in [1.29, 1.82) is 0 Å². The van der Waals surface area contributed by atoms with Crippen LogP contribution in [0.25, 0.3) is 10.8 Å². The molecular formula is C37H67ClN4O. The SMILES string of the molecule is CC.CC.CC.CCCC1=C(N2CCNCC2)NC(OC)=NC1CC.CCCCCC.Cc1cccc2cccc(Cl)c12. The van der Waals surface area contributed by atoms with Crippen LogP contribution in [0.15, 0.2) is 52.8 Å². The zero-order chi connectivity index (χ0) is 33.0.